The number of nitrogens with zero attached hydrogens (tertiary/aromatic N) is 6. The molecule has 202 valence electrons. The molecular formula is C27H23FN8O4. The molecule has 2 aromatic heterocycles. The standard InChI is InChI=1S/C27H23FN8O4/c1-2-38-22-14-17(11-12-21(22)39-16-18-7-6-10-20(28)13-18)15-30-32-27(37)23-24(19-8-4-3-5-9-19)36(35-31-23)26-25(29)33-40-34-26/h3-15H,2,16H2,1H3,(H2,29,33)(H,32,37)/b30-15-. The highest BCUT2D eigenvalue weighted by molar-refractivity contribution is 5.98. The van der Waals surface area contributed by atoms with Crippen molar-refractivity contribution in [1.82, 2.24) is 30.7 Å². The molecule has 0 atom stereocenters. The van der Waals surface area contributed by atoms with Crippen molar-refractivity contribution in [2.24, 2.45) is 5.10 Å². The first-order valence-electron chi connectivity index (χ1n) is 12.1. The maximum Gasteiger partial charge on any atom is 0.294 e. The highest BCUT2D eigenvalue weighted by Crippen LogP contribution is 2.29. The lowest BCUT2D eigenvalue weighted by molar-refractivity contribution is 0.0950. The number of nitrogen functional groups attached to an aromatic ring is 1. The number of carbonyl (C=O) groups is 1. The number of rotatable bonds is 10. The monoisotopic (exact) mass is 542 g/mol. The molecule has 0 aliphatic carbocycles. The Hall–Kier alpha value is -5.59. The third kappa shape index (κ3) is 5.78. The van der Waals surface area contributed by atoms with Crippen molar-refractivity contribution in [1.29, 1.82) is 0 Å². The number of hydrogen-bond acceptors (Lipinski definition) is 10. The number of benzene rings is 3. The summed E-state index contributed by atoms with van der Waals surface area (Å²) < 4.78 is 31.0. The number of nitrogens with two attached hydrogens (primary N) is 1. The van der Waals surface area contributed by atoms with Gasteiger partial charge in [-0.25, -0.2) is 14.4 Å². The lowest BCUT2D eigenvalue weighted by Gasteiger charge is -2.12. The minimum atomic E-state index is -0.614. The fourth-order valence-corrected chi connectivity index (χ4v) is 3.77. The van der Waals surface area contributed by atoms with E-state index >= 15 is 0 Å². The van der Waals surface area contributed by atoms with Gasteiger partial charge in [-0.2, -0.15) is 9.78 Å². The SMILES string of the molecule is CCOc1cc(/C=N\NC(=O)c2nnn(-c3nonc3N)c2-c2ccccc2)ccc1OCc1cccc(F)c1. The zero-order chi connectivity index (χ0) is 27.9. The normalized spacial score (nSPS) is 11.1. The molecule has 40 heavy (non-hydrogen) atoms. The van der Waals surface area contributed by atoms with E-state index in [0.29, 0.717) is 40.5 Å². The van der Waals surface area contributed by atoms with E-state index in [9.17, 15) is 9.18 Å². The smallest absolute Gasteiger partial charge is 0.294 e. The number of ether oxygens (including phenoxy) is 2. The molecule has 13 heteroatoms. The van der Waals surface area contributed by atoms with Crippen LogP contribution in [0.1, 0.15) is 28.5 Å². The second-order valence-electron chi connectivity index (χ2n) is 8.29. The van der Waals surface area contributed by atoms with Gasteiger partial charge in [0.25, 0.3) is 5.91 Å². The first-order chi connectivity index (χ1) is 19.5. The Labute approximate surface area is 227 Å². The lowest BCUT2D eigenvalue weighted by Crippen LogP contribution is -2.19. The van der Waals surface area contributed by atoms with Gasteiger partial charge in [0.2, 0.25) is 11.6 Å². The third-order valence-electron chi connectivity index (χ3n) is 5.56. The molecule has 5 rings (SSSR count). The Bertz CT molecular complexity index is 1650. The third-order valence-corrected chi connectivity index (χ3v) is 5.56. The van der Waals surface area contributed by atoms with E-state index in [1.165, 1.54) is 23.0 Å². The zero-order valence-electron chi connectivity index (χ0n) is 21.2. The summed E-state index contributed by atoms with van der Waals surface area (Å²) in [6.45, 7) is 2.41. The van der Waals surface area contributed by atoms with Gasteiger partial charge in [0.05, 0.1) is 12.8 Å². The van der Waals surface area contributed by atoms with Crippen molar-refractivity contribution in [2.75, 3.05) is 12.3 Å². The van der Waals surface area contributed by atoms with E-state index in [-0.39, 0.29) is 29.8 Å². The molecule has 2 heterocycles. The van der Waals surface area contributed by atoms with Gasteiger partial charge in [-0.3, -0.25) is 4.79 Å². The topological polar surface area (TPSA) is 156 Å². The summed E-state index contributed by atoms with van der Waals surface area (Å²) in [4.78, 5) is 13.1. The molecule has 0 saturated heterocycles. The molecule has 0 aliphatic rings. The van der Waals surface area contributed by atoms with Crippen LogP contribution in [-0.4, -0.2) is 44.0 Å². The van der Waals surface area contributed by atoms with E-state index in [4.69, 9.17) is 15.2 Å². The fraction of sp³-hybridized carbons (Fsp3) is 0.111. The maximum absolute atomic E-state index is 13.5. The zero-order valence-corrected chi connectivity index (χ0v) is 21.2. The Morgan fingerprint density at radius 1 is 1.07 bits per heavy atom. The largest absolute Gasteiger partial charge is 0.490 e. The van der Waals surface area contributed by atoms with Crippen molar-refractivity contribution < 1.29 is 23.3 Å². The molecule has 3 aromatic carbocycles. The van der Waals surface area contributed by atoms with Crippen LogP contribution in [0.15, 0.2) is 82.5 Å². The number of nitrogens with one attached hydrogen (secondary N) is 1. The molecule has 3 N–H and O–H groups in total. The predicted octanol–water partition coefficient (Wildman–Crippen LogP) is 3.78. The van der Waals surface area contributed by atoms with Gasteiger partial charge in [0.15, 0.2) is 17.2 Å². The molecule has 0 radical (unpaired) electrons. The van der Waals surface area contributed by atoms with Crippen LogP contribution in [-0.2, 0) is 6.61 Å². The van der Waals surface area contributed by atoms with Gasteiger partial charge in [0.1, 0.15) is 18.1 Å². The van der Waals surface area contributed by atoms with Crippen LogP contribution in [0.25, 0.3) is 17.1 Å². The first kappa shape index (κ1) is 26.0. The van der Waals surface area contributed by atoms with Crippen LogP contribution < -0.4 is 20.6 Å². The van der Waals surface area contributed by atoms with E-state index in [2.05, 4.69) is 35.8 Å². The van der Waals surface area contributed by atoms with E-state index < -0.39 is 5.91 Å². The van der Waals surface area contributed by atoms with Gasteiger partial charge >= 0.3 is 0 Å². The summed E-state index contributed by atoms with van der Waals surface area (Å²) in [5.74, 6) is 0.0897. The summed E-state index contributed by atoms with van der Waals surface area (Å²) in [5.41, 5.74) is 10.6. The van der Waals surface area contributed by atoms with Gasteiger partial charge in [-0.1, -0.05) is 47.7 Å². The van der Waals surface area contributed by atoms with Crippen molar-refractivity contribution in [3.63, 3.8) is 0 Å². The summed E-state index contributed by atoms with van der Waals surface area (Å²) in [5, 5.41) is 19.4. The molecule has 0 bridgehead atoms. The van der Waals surface area contributed by atoms with Gasteiger partial charge in [0, 0.05) is 5.56 Å². The van der Waals surface area contributed by atoms with Crippen molar-refractivity contribution >= 4 is 17.9 Å². The second-order valence-corrected chi connectivity index (χ2v) is 8.29. The number of halogens is 1. The first-order valence-corrected chi connectivity index (χ1v) is 12.1. The van der Waals surface area contributed by atoms with Gasteiger partial charge < -0.3 is 15.2 Å². The molecule has 0 spiro atoms. The molecule has 5 aromatic rings. The maximum atomic E-state index is 13.5. The Kier molecular flexibility index (Phi) is 7.72. The number of carbonyl (C=O) groups excluding carboxylic acids is 1. The average Bonchev–Trinajstić information content (AvgIpc) is 3.59. The molecular weight excluding hydrogens is 519 g/mol. The Balaban J connectivity index is 1.33. The quantitative estimate of drug-likeness (QED) is 0.198. The van der Waals surface area contributed by atoms with Crippen LogP contribution in [0.3, 0.4) is 0 Å². The molecule has 0 unspecified atom stereocenters. The van der Waals surface area contributed by atoms with Crippen molar-refractivity contribution in [2.45, 2.75) is 13.5 Å². The number of aromatic nitrogens is 5. The van der Waals surface area contributed by atoms with Gasteiger partial charge in [-0.15, -0.1) is 5.10 Å². The number of anilines is 1. The molecule has 0 aliphatic heterocycles. The van der Waals surface area contributed by atoms with Crippen LogP contribution in [0.5, 0.6) is 11.5 Å². The number of hydrogen-bond donors (Lipinski definition) is 2. The highest BCUT2D eigenvalue weighted by atomic mass is 19.1. The van der Waals surface area contributed by atoms with Gasteiger partial charge in [-0.05, 0) is 58.7 Å². The summed E-state index contributed by atoms with van der Waals surface area (Å²) >= 11 is 0. The molecule has 0 fully saturated rings. The number of hydrazone groups is 1. The fourth-order valence-electron chi connectivity index (χ4n) is 3.77. The van der Waals surface area contributed by atoms with Crippen LogP contribution in [0.2, 0.25) is 0 Å². The molecule has 0 saturated carbocycles. The minimum absolute atomic E-state index is 0.0122. The summed E-state index contributed by atoms with van der Waals surface area (Å²) in [7, 11) is 0. The Morgan fingerprint density at radius 2 is 1.93 bits per heavy atom. The summed E-state index contributed by atoms with van der Waals surface area (Å²) in [6.07, 6.45) is 1.45. The Morgan fingerprint density at radius 3 is 2.67 bits per heavy atom. The van der Waals surface area contributed by atoms with Crippen LogP contribution in [0, 0.1) is 5.82 Å². The second kappa shape index (κ2) is 11.9. The van der Waals surface area contributed by atoms with Crippen molar-refractivity contribution in [3.05, 3.63) is 95.4 Å². The van der Waals surface area contributed by atoms with E-state index in [1.807, 2.05) is 13.0 Å². The highest BCUT2D eigenvalue weighted by Gasteiger charge is 2.25. The van der Waals surface area contributed by atoms with Crippen molar-refractivity contribution in [3.8, 4) is 28.6 Å². The minimum Gasteiger partial charge on any atom is -0.490 e. The predicted molar refractivity (Wildman–Crippen MR) is 142 cm³/mol. The lowest BCUT2D eigenvalue weighted by atomic mass is 10.1. The van der Waals surface area contributed by atoms with E-state index in [0.717, 1.165) is 0 Å². The average molecular weight is 543 g/mol. The molecule has 12 nitrogen and oxygen atoms in total. The molecule has 1 amide bonds. The van der Waals surface area contributed by atoms with Crippen LogP contribution >= 0.6 is 0 Å². The summed E-state index contributed by atoms with van der Waals surface area (Å²) in [6, 6.07) is 20.3. The van der Waals surface area contributed by atoms with E-state index in [1.54, 1.807) is 54.6 Å². The number of amides is 1. The van der Waals surface area contributed by atoms with Crippen LogP contribution in [0.4, 0.5) is 10.2 Å².